The Labute approximate surface area is 70.5 Å². The summed E-state index contributed by atoms with van der Waals surface area (Å²) in [7, 11) is 0. The van der Waals surface area contributed by atoms with Crippen LogP contribution in [0.2, 0.25) is 0 Å². The van der Waals surface area contributed by atoms with Crippen LogP contribution >= 0.6 is 0 Å². The zero-order chi connectivity index (χ0) is 8.97. The molecule has 0 spiro atoms. The van der Waals surface area contributed by atoms with E-state index in [1.54, 1.807) is 6.08 Å². The zero-order valence-electron chi connectivity index (χ0n) is 6.73. The van der Waals surface area contributed by atoms with Gasteiger partial charge in [0.25, 0.3) is 0 Å². The second-order valence-corrected chi connectivity index (χ2v) is 2.45. The first-order chi connectivity index (χ1) is 5.70. The smallest absolute Gasteiger partial charge is 0.243 e. The van der Waals surface area contributed by atoms with Crippen molar-refractivity contribution < 1.29 is 4.92 Å². The number of hydrogen-bond acceptors (Lipinski definition) is 2. The summed E-state index contributed by atoms with van der Waals surface area (Å²) in [6.07, 6.45) is 1.54. The van der Waals surface area contributed by atoms with Crippen molar-refractivity contribution in [3.05, 3.63) is 51.7 Å². The maximum absolute atomic E-state index is 10.2. The summed E-state index contributed by atoms with van der Waals surface area (Å²) >= 11 is 0. The van der Waals surface area contributed by atoms with E-state index in [2.05, 4.69) is 0 Å². The quantitative estimate of drug-likeness (QED) is 0.496. The van der Waals surface area contributed by atoms with Gasteiger partial charge in [0.15, 0.2) is 0 Å². The van der Waals surface area contributed by atoms with Gasteiger partial charge in [0.05, 0.1) is 4.92 Å². The van der Waals surface area contributed by atoms with E-state index in [-0.39, 0.29) is 5.70 Å². The van der Waals surface area contributed by atoms with Crippen LogP contribution < -0.4 is 0 Å². The van der Waals surface area contributed by atoms with Gasteiger partial charge < -0.3 is 0 Å². The highest BCUT2D eigenvalue weighted by Crippen LogP contribution is 2.05. The topological polar surface area (TPSA) is 43.1 Å². The first kappa shape index (κ1) is 8.46. The zero-order valence-corrected chi connectivity index (χ0v) is 6.73. The van der Waals surface area contributed by atoms with Gasteiger partial charge in [0, 0.05) is 13.0 Å². The third-order valence-electron chi connectivity index (χ3n) is 1.46. The van der Waals surface area contributed by atoms with E-state index in [4.69, 9.17) is 0 Å². The molecule has 0 unspecified atom stereocenters. The molecule has 0 atom stereocenters. The van der Waals surface area contributed by atoms with Crippen molar-refractivity contribution in [2.45, 2.75) is 6.92 Å². The van der Waals surface area contributed by atoms with Gasteiger partial charge in [0.1, 0.15) is 0 Å². The van der Waals surface area contributed by atoms with Crippen LogP contribution in [0.25, 0.3) is 6.08 Å². The minimum Gasteiger partial charge on any atom is -0.259 e. The van der Waals surface area contributed by atoms with E-state index in [0.29, 0.717) is 0 Å². The normalized spacial score (nSPS) is 11.2. The molecule has 0 radical (unpaired) electrons. The second-order valence-electron chi connectivity index (χ2n) is 2.45. The first-order valence-electron chi connectivity index (χ1n) is 3.58. The number of hydrogen-bond donors (Lipinski definition) is 0. The van der Waals surface area contributed by atoms with Crippen molar-refractivity contribution in [3.8, 4) is 0 Å². The van der Waals surface area contributed by atoms with Gasteiger partial charge in [0.2, 0.25) is 5.70 Å². The van der Waals surface area contributed by atoms with Crippen LogP contribution in [0.15, 0.2) is 36.0 Å². The SMILES string of the molecule is C/C(=C/c1ccccc1)[N+](=O)[O-]. The molecule has 62 valence electrons. The lowest BCUT2D eigenvalue weighted by Crippen LogP contribution is -1.92. The van der Waals surface area contributed by atoms with E-state index in [9.17, 15) is 10.1 Å². The molecule has 3 heteroatoms. The van der Waals surface area contributed by atoms with E-state index in [1.807, 2.05) is 30.3 Å². The van der Waals surface area contributed by atoms with Crippen molar-refractivity contribution in [2.75, 3.05) is 0 Å². The van der Waals surface area contributed by atoms with E-state index >= 15 is 0 Å². The molecule has 12 heavy (non-hydrogen) atoms. The fourth-order valence-corrected chi connectivity index (χ4v) is 0.843. The average Bonchev–Trinajstić information content (AvgIpc) is 2.06. The van der Waals surface area contributed by atoms with Crippen molar-refractivity contribution in [1.82, 2.24) is 0 Å². The Hall–Kier alpha value is -1.64. The molecule has 0 aliphatic carbocycles. The number of nitro groups is 1. The highest BCUT2D eigenvalue weighted by molar-refractivity contribution is 5.49. The molecule has 0 N–H and O–H groups in total. The molecule has 0 amide bonds. The molecular weight excluding hydrogens is 154 g/mol. The maximum Gasteiger partial charge on any atom is 0.243 e. The Morgan fingerprint density at radius 1 is 1.42 bits per heavy atom. The monoisotopic (exact) mass is 163 g/mol. The largest absolute Gasteiger partial charge is 0.259 e. The van der Waals surface area contributed by atoms with Gasteiger partial charge in [-0.1, -0.05) is 30.3 Å². The Balaban J connectivity index is 2.89. The van der Waals surface area contributed by atoms with Crippen molar-refractivity contribution >= 4 is 6.08 Å². The van der Waals surface area contributed by atoms with Crippen molar-refractivity contribution in [3.63, 3.8) is 0 Å². The van der Waals surface area contributed by atoms with Gasteiger partial charge in [-0.05, 0) is 5.56 Å². The summed E-state index contributed by atoms with van der Waals surface area (Å²) in [6.45, 7) is 1.48. The van der Waals surface area contributed by atoms with E-state index < -0.39 is 4.92 Å². The fraction of sp³-hybridized carbons (Fsp3) is 0.111. The minimum absolute atomic E-state index is 0.154. The summed E-state index contributed by atoms with van der Waals surface area (Å²) < 4.78 is 0. The second kappa shape index (κ2) is 3.67. The molecular formula is C9H9NO2. The maximum atomic E-state index is 10.2. The van der Waals surface area contributed by atoms with Crippen molar-refractivity contribution in [1.29, 1.82) is 0 Å². The molecule has 1 rings (SSSR count). The third kappa shape index (κ3) is 2.20. The van der Waals surface area contributed by atoms with Crippen LogP contribution in [0.4, 0.5) is 0 Å². The number of allylic oxidation sites excluding steroid dienone is 1. The number of rotatable bonds is 2. The molecule has 3 nitrogen and oxygen atoms in total. The average molecular weight is 163 g/mol. The van der Waals surface area contributed by atoms with Crippen LogP contribution in [0.1, 0.15) is 12.5 Å². The molecule has 0 saturated heterocycles. The molecule has 0 aliphatic rings. The van der Waals surface area contributed by atoms with Crippen LogP contribution in [0.3, 0.4) is 0 Å². The van der Waals surface area contributed by atoms with E-state index in [1.165, 1.54) is 6.92 Å². The Kier molecular flexibility index (Phi) is 2.58. The molecule has 0 heterocycles. The van der Waals surface area contributed by atoms with E-state index in [0.717, 1.165) is 5.56 Å². The molecule has 0 aromatic heterocycles. The summed E-state index contributed by atoms with van der Waals surface area (Å²) in [6, 6.07) is 9.22. The van der Waals surface area contributed by atoms with Crippen molar-refractivity contribution in [2.24, 2.45) is 0 Å². The summed E-state index contributed by atoms with van der Waals surface area (Å²) in [5.74, 6) is 0. The highest BCUT2D eigenvalue weighted by atomic mass is 16.6. The summed E-state index contributed by atoms with van der Waals surface area (Å²) in [4.78, 5) is 9.85. The van der Waals surface area contributed by atoms with Gasteiger partial charge in [-0.3, -0.25) is 10.1 Å². The summed E-state index contributed by atoms with van der Waals surface area (Å²) in [5, 5.41) is 10.2. The first-order valence-corrected chi connectivity index (χ1v) is 3.58. The predicted octanol–water partition coefficient (Wildman–Crippen LogP) is 2.32. The number of nitrogens with zero attached hydrogens (tertiary/aromatic N) is 1. The molecule has 0 bridgehead atoms. The van der Waals surface area contributed by atoms with Gasteiger partial charge in [-0.25, -0.2) is 0 Å². The fourth-order valence-electron chi connectivity index (χ4n) is 0.843. The minimum atomic E-state index is -0.396. The highest BCUT2D eigenvalue weighted by Gasteiger charge is 2.00. The lowest BCUT2D eigenvalue weighted by molar-refractivity contribution is -0.422. The lowest BCUT2D eigenvalue weighted by atomic mass is 10.2. The lowest BCUT2D eigenvalue weighted by Gasteiger charge is -1.91. The molecule has 0 saturated carbocycles. The predicted molar refractivity (Wildman–Crippen MR) is 47.1 cm³/mol. The van der Waals surface area contributed by atoms with Gasteiger partial charge in [-0.2, -0.15) is 0 Å². The van der Waals surface area contributed by atoms with Crippen LogP contribution in [-0.4, -0.2) is 4.92 Å². The van der Waals surface area contributed by atoms with Crippen LogP contribution in [0, 0.1) is 10.1 Å². The molecule has 1 aromatic carbocycles. The molecule has 1 aromatic rings. The summed E-state index contributed by atoms with van der Waals surface area (Å²) in [5.41, 5.74) is 1.01. The third-order valence-corrected chi connectivity index (χ3v) is 1.46. The standard InChI is InChI=1S/C9H9NO2/c1-8(10(11)12)7-9-5-3-2-4-6-9/h2-7H,1H3/b8-7-. The van der Waals surface area contributed by atoms with Crippen LogP contribution in [0.5, 0.6) is 0 Å². The van der Waals surface area contributed by atoms with Crippen LogP contribution in [-0.2, 0) is 0 Å². The number of benzene rings is 1. The molecule has 0 aliphatic heterocycles. The van der Waals surface area contributed by atoms with Gasteiger partial charge >= 0.3 is 0 Å². The Morgan fingerprint density at radius 2 is 2.00 bits per heavy atom. The Morgan fingerprint density at radius 3 is 2.50 bits per heavy atom. The van der Waals surface area contributed by atoms with Gasteiger partial charge in [-0.15, -0.1) is 0 Å². The Bertz CT molecular complexity index is 304. The molecule has 0 fully saturated rings.